The number of unbranched alkanes of at least 4 members (excludes halogenated alkanes) is 2. The standard InChI is InChI=1S/C36H51N3O7Si/c1-11-14-16-43-25-20-37-19-23-21(13-3)22-18-24-29(39(7)8)31-28(34(38-45-31)44-17-15-12-2)33(42)36(24,46-47(9,10)35(4,5)6)32(41)27(22)30(40)26(23)25/h13,19-22,24,29,41H,3,11-12,14-18H2,1-2,4-10H3/t21-,22-,24+,29+,36+/m1/s1. The number of ketones is 2. The molecule has 0 radical (unpaired) electrons. The Labute approximate surface area is 279 Å². The van der Waals surface area contributed by atoms with E-state index in [0.717, 1.165) is 25.7 Å². The van der Waals surface area contributed by atoms with Gasteiger partial charge >= 0.3 is 0 Å². The van der Waals surface area contributed by atoms with E-state index in [2.05, 4.69) is 64.4 Å². The van der Waals surface area contributed by atoms with Crippen LogP contribution in [0.1, 0.15) is 111 Å². The number of carbonyl (C=O) groups is 2. The van der Waals surface area contributed by atoms with E-state index in [1.807, 2.05) is 19.0 Å². The van der Waals surface area contributed by atoms with Gasteiger partial charge in [0.15, 0.2) is 25.5 Å². The lowest BCUT2D eigenvalue weighted by atomic mass is 9.56. The lowest BCUT2D eigenvalue weighted by Crippen LogP contribution is -2.65. The molecule has 5 rings (SSSR count). The van der Waals surface area contributed by atoms with Crippen LogP contribution in [0.15, 0.2) is 40.9 Å². The van der Waals surface area contributed by atoms with Crippen molar-refractivity contribution in [2.24, 2.45) is 11.8 Å². The second-order valence-electron chi connectivity index (χ2n) is 14.9. The minimum absolute atomic E-state index is 0.0869. The first kappa shape index (κ1) is 35.0. The van der Waals surface area contributed by atoms with Gasteiger partial charge in [-0.3, -0.25) is 19.5 Å². The Bertz CT molecular complexity index is 1570. The molecule has 0 bridgehead atoms. The third-order valence-electron chi connectivity index (χ3n) is 10.6. The Kier molecular flexibility index (Phi) is 9.67. The minimum Gasteiger partial charge on any atom is -0.508 e. The van der Waals surface area contributed by atoms with E-state index in [4.69, 9.17) is 18.4 Å². The molecule has 10 nitrogen and oxygen atoms in total. The first-order chi connectivity index (χ1) is 22.2. The number of aliphatic hydroxyl groups is 1. The van der Waals surface area contributed by atoms with Crippen LogP contribution in [0.5, 0.6) is 11.6 Å². The topological polar surface area (TPSA) is 124 Å². The van der Waals surface area contributed by atoms with Crippen molar-refractivity contribution >= 4 is 19.9 Å². The first-order valence-electron chi connectivity index (χ1n) is 16.9. The minimum atomic E-state index is -2.81. The zero-order valence-electron chi connectivity index (χ0n) is 29.4. The van der Waals surface area contributed by atoms with Crippen LogP contribution in [0.3, 0.4) is 0 Å². The molecule has 5 atom stereocenters. The van der Waals surface area contributed by atoms with Gasteiger partial charge in [-0.1, -0.05) is 53.5 Å². The highest BCUT2D eigenvalue weighted by atomic mass is 28.4. The number of aromatic nitrogens is 2. The molecule has 11 heteroatoms. The fraction of sp³-hybridized carbons (Fsp3) is 0.611. The molecule has 1 N–H and O–H groups in total. The van der Waals surface area contributed by atoms with Crippen LogP contribution < -0.4 is 9.47 Å². The van der Waals surface area contributed by atoms with E-state index in [9.17, 15) is 9.90 Å². The van der Waals surface area contributed by atoms with Crippen LogP contribution in [0.2, 0.25) is 18.1 Å². The molecule has 256 valence electrons. The molecular formula is C36H51N3O7Si. The first-order valence-corrected chi connectivity index (χ1v) is 19.8. The molecule has 0 unspecified atom stereocenters. The second kappa shape index (κ2) is 13.0. The Balaban J connectivity index is 1.80. The SMILES string of the molecule is C=C[C@H]1c2cncc(OCCCC)c2C(=O)C2=C(O)[C@]3(O[Si](C)(C)C(C)(C)C)C(=O)c4c(OCCCC)noc4[C@@H](N(C)C)[C@@H]3C[C@@H]21. The van der Waals surface area contributed by atoms with E-state index in [1.165, 1.54) is 0 Å². The lowest BCUT2D eigenvalue weighted by Gasteiger charge is -2.55. The number of ether oxygens (including phenoxy) is 2. The van der Waals surface area contributed by atoms with Crippen LogP contribution in [0, 0.1) is 11.8 Å². The molecule has 0 saturated carbocycles. The van der Waals surface area contributed by atoms with Crippen molar-refractivity contribution in [2.75, 3.05) is 27.3 Å². The van der Waals surface area contributed by atoms with E-state index in [1.54, 1.807) is 18.5 Å². The summed E-state index contributed by atoms with van der Waals surface area (Å²) in [6.45, 7) is 19.4. The summed E-state index contributed by atoms with van der Waals surface area (Å²) in [5, 5.41) is 16.7. The van der Waals surface area contributed by atoms with Gasteiger partial charge in [-0.05, 0) is 62.2 Å². The van der Waals surface area contributed by atoms with Gasteiger partial charge in [-0.25, -0.2) is 0 Å². The molecule has 47 heavy (non-hydrogen) atoms. The predicted molar refractivity (Wildman–Crippen MR) is 182 cm³/mol. The summed E-state index contributed by atoms with van der Waals surface area (Å²) in [5.74, 6) is -1.85. The summed E-state index contributed by atoms with van der Waals surface area (Å²) in [6, 6.07) is -0.518. The summed E-state index contributed by atoms with van der Waals surface area (Å²) in [5.41, 5.74) is -0.490. The zero-order chi connectivity index (χ0) is 34.5. The highest BCUT2D eigenvalue weighted by Gasteiger charge is 2.67. The summed E-state index contributed by atoms with van der Waals surface area (Å²) >= 11 is 0. The molecule has 2 heterocycles. The number of carbonyl (C=O) groups excluding carboxylic acids is 2. The van der Waals surface area contributed by atoms with Crippen molar-refractivity contribution in [1.29, 1.82) is 0 Å². The molecule has 0 fully saturated rings. The Morgan fingerprint density at radius 2 is 1.77 bits per heavy atom. The van der Waals surface area contributed by atoms with Gasteiger partial charge in [0.25, 0.3) is 5.88 Å². The molecule has 3 aliphatic rings. The smallest absolute Gasteiger partial charge is 0.265 e. The number of fused-ring (bicyclic) bond motifs is 4. The maximum Gasteiger partial charge on any atom is 0.265 e. The third kappa shape index (κ3) is 5.57. The summed E-state index contributed by atoms with van der Waals surface area (Å²) in [6.07, 6.45) is 8.80. The average Bonchev–Trinajstić information content (AvgIpc) is 3.41. The van der Waals surface area contributed by atoms with Crippen LogP contribution in [-0.4, -0.2) is 72.9 Å². The van der Waals surface area contributed by atoms with Crippen molar-refractivity contribution in [1.82, 2.24) is 15.0 Å². The summed E-state index contributed by atoms with van der Waals surface area (Å²) < 4.78 is 25.3. The van der Waals surface area contributed by atoms with Gasteiger partial charge < -0.3 is 23.5 Å². The van der Waals surface area contributed by atoms with Crippen molar-refractivity contribution in [2.45, 2.75) is 102 Å². The molecular weight excluding hydrogens is 614 g/mol. The van der Waals surface area contributed by atoms with Gasteiger partial charge in [0.05, 0.1) is 31.0 Å². The lowest BCUT2D eigenvalue weighted by molar-refractivity contribution is -0.0489. The second-order valence-corrected chi connectivity index (χ2v) is 19.6. The van der Waals surface area contributed by atoms with E-state index in [0.29, 0.717) is 42.3 Å². The van der Waals surface area contributed by atoms with Crippen LogP contribution in [0.25, 0.3) is 0 Å². The Morgan fingerprint density at radius 3 is 2.36 bits per heavy atom. The van der Waals surface area contributed by atoms with E-state index < -0.39 is 37.6 Å². The van der Waals surface area contributed by atoms with Gasteiger partial charge in [0.1, 0.15) is 17.1 Å². The van der Waals surface area contributed by atoms with Crippen LogP contribution >= 0.6 is 0 Å². The van der Waals surface area contributed by atoms with Crippen molar-refractivity contribution in [3.63, 3.8) is 0 Å². The Morgan fingerprint density at radius 1 is 1.11 bits per heavy atom. The predicted octanol–water partition coefficient (Wildman–Crippen LogP) is 7.60. The van der Waals surface area contributed by atoms with Gasteiger partial charge in [0.2, 0.25) is 5.78 Å². The highest BCUT2D eigenvalue weighted by molar-refractivity contribution is 6.74. The van der Waals surface area contributed by atoms with E-state index in [-0.39, 0.29) is 39.5 Å². The van der Waals surface area contributed by atoms with Crippen LogP contribution in [0.4, 0.5) is 0 Å². The monoisotopic (exact) mass is 665 g/mol. The quantitative estimate of drug-likeness (QED) is 0.138. The van der Waals surface area contributed by atoms with E-state index >= 15 is 4.79 Å². The molecule has 0 aromatic carbocycles. The van der Waals surface area contributed by atoms with Gasteiger partial charge in [-0.2, -0.15) is 0 Å². The number of Topliss-reactive ketones (excluding diaryl/α,β-unsaturated/α-hetero) is 2. The fourth-order valence-electron chi connectivity index (χ4n) is 7.17. The molecule has 0 spiro atoms. The number of hydrogen-bond acceptors (Lipinski definition) is 10. The molecule has 0 saturated heterocycles. The third-order valence-corrected chi connectivity index (χ3v) is 15.1. The maximum absolute atomic E-state index is 15.2. The van der Waals surface area contributed by atoms with Crippen molar-refractivity contribution < 1.29 is 33.1 Å². The van der Waals surface area contributed by atoms with Gasteiger partial charge in [-0.15, -0.1) is 6.58 Å². The number of allylic oxidation sites excluding steroid dienone is 2. The molecule has 3 aliphatic carbocycles. The number of rotatable bonds is 12. The molecule has 2 aromatic rings. The average molecular weight is 666 g/mol. The number of pyridine rings is 1. The van der Waals surface area contributed by atoms with Crippen molar-refractivity contribution in [3.05, 3.63) is 58.8 Å². The summed E-state index contributed by atoms with van der Waals surface area (Å²) in [7, 11) is 1.01. The maximum atomic E-state index is 15.2. The summed E-state index contributed by atoms with van der Waals surface area (Å²) in [4.78, 5) is 36.4. The molecule has 2 aromatic heterocycles. The molecule has 0 aliphatic heterocycles. The zero-order valence-corrected chi connectivity index (χ0v) is 30.4. The fourth-order valence-corrected chi connectivity index (χ4v) is 8.62. The number of nitrogens with zero attached hydrogens (tertiary/aromatic N) is 3. The van der Waals surface area contributed by atoms with Crippen LogP contribution in [-0.2, 0) is 4.43 Å². The molecule has 0 amide bonds. The largest absolute Gasteiger partial charge is 0.508 e. The number of aliphatic hydroxyl groups excluding tert-OH is 1. The van der Waals surface area contributed by atoms with Gasteiger partial charge in [0, 0.05) is 29.5 Å². The van der Waals surface area contributed by atoms with Crippen molar-refractivity contribution in [3.8, 4) is 11.6 Å². The Hall–Kier alpha value is -3.28. The normalized spacial score (nSPS) is 25.7. The number of hydrogen-bond donors (Lipinski definition) is 1. The highest BCUT2D eigenvalue weighted by Crippen LogP contribution is 2.61.